The van der Waals surface area contributed by atoms with Crippen LogP contribution < -0.4 is 5.32 Å². The molecule has 2 N–H and O–H groups in total. The first kappa shape index (κ1) is 11.8. The zero-order chi connectivity index (χ0) is 13.2. The smallest absolute Gasteiger partial charge is 0.317 e. The zero-order valence-electron chi connectivity index (χ0n) is 10.8. The molecule has 98 valence electrons. The van der Waals surface area contributed by atoms with E-state index in [1.54, 1.807) is 18.1 Å². The van der Waals surface area contributed by atoms with Crippen molar-refractivity contribution < 1.29 is 4.79 Å². The van der Waals surface area contributed by atoms with Gasteiger partial charge in [0.1, 0.15) is 5.65 Å². The molecule has 2 aromatic rings. The molecule has 0 spiro atoms. The summed E-state index contributed by atoms with van der Waals surface area (Å²) in [4.78, 5) is 20.8. The van der Waals surface area contributed by atoms with Crippen LogP contribution in [0.1, 0.15) is 12.0 Å². The number of nitrogens with one attached hydrogen (secondary N) is 2. The van der Waals surface area contributed by atoms with Crippen LogP contribution in [0.5, 0.6) is 0 Å². The monoisotopic (exact) mass is 256 g/mol. The van der Waals surface area contributed by atoms with Crippen molar-refractivity contribution in [1.82, 2.24) is 20.2 Å². The third kappa shape index (κ3) is 2.07. The van der Waals surface area contributed by atoms with Crippen LogP contribution in [0.3, 0.4) is 0 Å². The van der Waals surface area contributed by atoms with E-state index in [1.807, 2.05) is 12.3 Å². The Labute approximate surface area is 111 Å². The average Bonchev–Trinajstić information content (AvgIpc) is 2.90. The molecular formula is C14H16N4O. The summed E-state index contributed by atoms with van der Waals surface area (Å²) < 4.78 is 0. The van der Waals surface area contributed by atoms with Crippen molar-refractivity contribution >= 4 is 22.6 Å². The van der Waals surface area contributed by atoms with E-state index in [-0.39, 0.29) is 6.03 Å². The Balaban J connectivity index is 1.88. The van der Waals surface area contributed by atoms with Crippen LogP contribution in [-0.4, -0.2) is 41.0 Å². The number of urea groups is 1. The van der Waals surface area contributed by atoms with Crippen LogP contribution in [0.2, 0.25) is 0 Å². The van der Waals surface area contributed by atoms with Gasteiger partial charge in [0, 0.05) is 43.5 Å². The minimum absolute atomic E-state index is 0.0177. The van der Waals surface area contributed by atoms with Crippen LogP contribution in [0.15, 0.2) is 30.6 Å². The predicted molar refractivity (Wildman–Crippen MR) is 74.7 cm³/mol. The van der Waals surface area contributed by atoms with Gasteiger partial charge in [-0.15, -0.1) is 0 Å². The SMILES string of the molecule is CNC(=O)N1CC=C(c2c[nH]c3ncccc23)CC1. The number of carbonyl (C=O) groups excluding carboxylic acids is 1. The highest BCUT2D eigenvalue weighted by atomic mass is 16.2. The molecule has 19 heavy (non-hydrogen) atoms. The fourth-order valence-electron chi connectivity index (χ4n) is 2.48. The van der Waals surface area contributed by atoms with Gasteiger partial charge in [0.15, 0.2) is 0 Å². The molecule has 0 fully saturated rings. The maximum atomic E-state index is 11.5. The number of aromatic nitrogens is 2. The van der Waals surface area contributed by atoms with Gasteiger partial charge in [-0.2, -0.15) is 0 Å². The van der Waals surface area contributed by atoms with Crippen molar-refractivity contribution in [1.29, 1.82) is 0 Å². The molecule has 0 radical (unpaired) electrons. The highest BCUT2D eigenvalue weighted by molar-refractivity contribution is 5.91. The molecule has 5 heteroatoms. The molecule has 2 aromatic heterocycles. The van der Waals surface area contributed by atoms with Gasteiger partial charge in [-0.3, -0.25) is 0 Å². The number of fused-ring (bicyclic) bond motifs is 1. The van der Waals surface area contributed by atoms with Crippen molar-refractivity contribution in [3.63, 3.8) is 0 Å². The molecule has 1 aliphatic rings. The number of nitrogens with zero attached hydrogens (tertiary/aromatic N) is 2. The number of carbonyl (C=O) groups is 1. The van der Waals surface area contributed by atoms with Gasteiger partial charge in [-0.25, -0.2) is 9.78 Å². The Morgan fingerprint density at radius 3 is 3.16 bits per heavy atom. The number of amides is 2. The molecule has 3 heterocycles. The predicted octanol–water partition coefficient (Wildman–Crippen LogP) is 1.99. The molecule has 2 amide bonds. The van der Waals surface area contributed by atoms with E-state index in [0.29, 0.717) is 6.54 Å². The van der Waals surface area contributed by atoms with Gasteiger partial charge in [0.05, 0.1) is 0 Å². The largest absolute Gasteiger partial charge is 0.346 e. The van der Waals surface area contributed by atoms with E-state index >= 15 is 0 Å². The summed E-state index contributed by atoms with van der Waals surface area (Å²) in [7, 11) is 1.66. The number of aromatic amines is 1. The third-order valence-electron chi connectivity index (χ3n) is 3.51. The van der Waals surface area contributed by atoms with E-state index in [4.69, 9.17) is 0 Å². The van der Waals surface area contributed by atoms with Crippen LogP contribution in [0.4, 0.5) is 4.79 Å². The Kier molecular flexibility index (Phi) is 2.95. The minimum Gasteiger partial charge on any atom is -0.346 e. The van der Waals surface area contributed by atoms with Crippen molar-refractivity contribution in [2.75, 3.05) is 20.1 Å². The highest BCUT2D eigenvalue weighted by Gasteiger charge is 2.18. The lowest BCUT2D eigenvalue weighted by Gasteiger charge is -2.25. The normalized spacial score (nSPS) is 15.4. The number of hydrogen-bond donors (Lipinski definition) is 2. The molecular weight excluding hydrogens is 240 g/mol. The summed E-state index contributed by atoms with van der Waals surface area (Å²) in [5.74, 6) is 0. The summed E-state index contributed by atoms with van der Waals surface area (Å²) in [6.45, 7) is 1.40. The van der Waals surface area contributed by atoms with Crippen LogP contribution in [-0.2, 0) is 0 Å². The Morgan fingerprint density at radius 1 is 1.53 bits per heavy atom. The van der Waals surface area contributed by atoms with Gasteiger partial charge >= 0.3 is 6.03 Å². The fourth-order valence-corrected chi connectivity index (χ4v) is 2.48. The van der Waals surface area contributed by atoms with E-state index in [1.165, 1.54) is 11.1 Å². The van der Waals surface area contributed by atoms with Crippen molar-refractivity contribution in [3.8, 4) is 0 Å². The van der Waals surface area contributed by atoms with Gasteiger partial charge < -0.3 is 15.2 Å². The Bertz CT molecular complexity index is 644. The maximum Gasteiger partial charge on any atom is 0.317 e. The zero-order valence-corrected chi connectivity index (χ0v) is 10.8. The quantitative estimate of drug-likeness (QED) is 0.819. The molecule has 0 saturated carbocycles. The van der Waals surface area contributed by atoms with Crippen molar-refractivity contribution in [2.45, 2.75) is 6.42 Å². The van der Waals surface area contributed by atoms with Crippen LogP contribution in [0, 0.1) is 0 Å². The van der Waals surface area contributed by atoms with Crippen molar-refractivity contribution in [3.05, 3.63) is 36.2 Å². The van der Waals surface area contributed by atoms with Crippen molar-refractivity contribution in [2.24, 2.45) is 0 Å². The van der Waals surface area contributed by atoms with E-state index in [9.17, 15) is 4.79 Å². The highest BCUT2D eigenvalue weighted by Crippen LogP contribution is 2.28. The maximum absolute atomic E-state index is 11.5. The first-order chi connectivity index (χ1) is 9.29. The minimum atomic E-state index is -0.0177. The third-order valence-corrected chi connectivity index (χ3v) is 3.51. The summed E-state index contributed by atoms with van der Waals surface area (Å²) in [6, 6.07) is 4.00. The average molecular weight is 256 g/mol. The first-order valence-corrected chi connectivity index (χ1v) is 6.38. The second-order valence-electron chi connectivity index (χ2n) is 4.58. The number of rotatable bonds is 1. The lowest BCUT2D eigenvalue weighted by molar-refractivity contribution is 0.205. The molecule has 0 bridgehead atoms. The molecule has 0 aliphatic carbocycles. The van der Waals surface area contributed by atoms with Gasteiger partial charge in [-0.05, 0) is 24.1 Å². The lowest BCUT2D eigenvalue weighted by Crippen LogP contribution is -2.40. The van der Waals surface area contributed by atoms with E-state index in [0.717, 1.165) is 24.0 Å². The standard InChI is InChI=1S/C14H16N4O/c1-15-14(19)18-7-4-10(5-8-18)12-9-17-13-11(12)3-2-6-16-13/h2-4,6,9H,5,7-8H2,1H3,(H,15,19)(H,16,17). The van der Waals surface area contributed by atoms with Gasteiger partial charge in [0.2, 0.25) is 0 Å². The summed E-state index contributed by atoms with van der Waals surface area (Å²) in [5.41, 5.74) is 3.38. The molecule has 0 aromatic carbocycles. The van der Waals surface area contributed by atoms with Crippen LogP contribution >= 0.6 is 0 Å². The molecule has 0 atom stereocenters. The number of hydrogen-bond acceptors (Lipinski definition) is 2. The summed E-state index contributed by atoms with van der Waals surface area (Å²) >= 11 is 0. The van der Waals surface area contributed by atoms with Gasteiger partial charge in [-0.1, -0.05) is 6.08 Å². The van der Waals surface area contributed by atoms with E-state index in [2.05, 4.69) is 27.4 Å². The Morgan fingerprint density at radius 2 is 2.42 bits per heavy atom. The van der Waals surface area contributed by atoms with Crippen LogP contribution in [0.25, 0.3) is 16.6 Å². The van der Waals surface area contributed by atoms with Gasteiger partial charge in [0.25, 0.3) is 0 Å². The summed E-state index contributed by atoms with van der Waals surface area (Å²) in [5, 5.41) is 3.80. The molecule has 1 aliphatic heterocycles. The molecule has 3 rings (SSSR count). The fraction of sp³-hybridized carbons (Fsp3) is 0.286. The lowest BCUT2D eigenvalue weighted by atomic mass is 10.00. The topological polar surface area (TPSA) is 61.0 Å². The molecule has 5 nitrogen and oxygen atoms in total. The second-order valence-corrected chi connectivity index (χ2v) is 4.58. The number of H-pyrrole nitrogens is 1. The summed E-state index contributed by atoms with van der Waals surface area (Å²) in [6.07, 6.45) is 6.77. The Hall–Kier alpha value is -2.30. The molecule has 0 unspecified atom stereocenters. The number of pyridine rings is 1. The van der Waals surface area contributed by atoms with E-state index < -0.39 is 0 Å². The second kappa shape index (κ2) is 4.76. The molecule has 0 saturated heterocycles. The first-order valence-electron chi connectivity index (χ1n) is 6.38.